The number of quaternary nitrogens is 1. The Hall–Kier alpha value is -3.75. The SMILES string of the molecule is CC/C=C/C=C/C=C/C=C/CCCCCCCC(=O)OC(COCCC(C(=O)[O-])[N+](C)(C)C)COC(=O)CCCCC/C=C/C=C/C=C/C=C/CC. The molecule has 0 aliphatic carbocycles. The maximum atomic E-state index is 12.7. The maximum absolute atomic E-state index is 12.7. The lowest BCUT2D eigenvalue weighted by Gasteiger charge is -2.34. The zero-order valence-electron chi connectivity index (χ0n) is 32.9. The molecule has 0 aromatic rings. The quantitative estimate of drug-likeness (QED) is 0.0297. The summed E-state index contributed by atoms with van der Waals surface area (Å²) in [5.41, 5.74) is 0. The van der Waals surface area contributed by atoms with Crippen molar-refractivity contribution in [2.45, 2.75) is 122 Å². The number of ether oxygens (including phenoxy) is 3. The number of carbonyl (C=O) groups is 3. The topological polar surface area (TPSA) is 102 Å². The van der Waals surface area contributed by atoms with E-state index in [9.17, 15) is 19.5 Å². The first-order valence-electron chi connectivity index (χ1n) is 19.4. The molecule has 2 unspecified atom stereocenters. The van der Waals surface area contributed by atoms with Crippen molar-refractivity contribution in [2.24, 2.45) is 0 Å². The maximum Gasteiger partial charge on any atom is 0.306 e. The van der Waals surface area contributed by atoms with Gasteiger partial charge in [-0.05, 0) is 51.4 Å². The first-order chi connectivity index (χ1) is 25.1. The number of hydrogen-bond acceptors (Lipinski definition) is 7. The Balaban J connectivity index is 4.56. The summed E-state index contributed by atoms with van der Waals surface area (Å²) in [6.45, 7) is 4.27. The van der Waals surface area contributed by atoms with Crippen LogP contribution in [-0.4, -0.2) is 75.5 Å². The van der Waals surface area contributed by atoms with Gasteiger partial charge in [0.1, 0.15) is 12.6 Å². The predicted octanol–water partition coefficient (Wildman–Crippen LogP) is 8.62. The molecule has 0 radical (unpaired) electrons. The molecule has 52 heavy (non-hydrogen) atoms. The highest BCUT2D eigenvalue weighted by Crippen LogP contribution is 2.12. The van der Waals surface area contributed by atoms with Crippen molar-refractivity contribution >= 4 is 17.9 Å². The van der Waals surface area contributed by atoms with Gasteiger partial charge in [-0.2, -0.15) is 0 Å². The molecule has 0 amide bonds. The Kier molecular flexibility index (Phi) is 31.9. The van der Waals surface area contributed by atoms with Gasteiger partial charge in [0, 0.05) is 19.3 Å². The molecule has 0 rings (SSSR count). The van der Waals surface area contributed by atoms with Crippen LogP contribution in [0.3, 0.4) is 0 Å². The zero-order chi connectivity index (χ0) is 38.5. The number of esters is 2. The van der Waals surface area contributed by atoms with Crippen molar-refractivity contribution in [3.05, 3.63) is 97.2 Å². The van der Waals surface area contributed by atoms with Crippen LogP contribution in [0.5, 0.6) is 0 Å². The molecule has 0 spiro atoms. The first-order valence-corrected chi connectivity index (χ1v) is 19.4. The van der Waals surface area contributed by atoms with E-state index in [1.807, 2.05) is 66.8 Å². The molecule has 0 aromatic heterocycles. The molecule has 0 heterocycles. The second-order valence-corrected chi connectivity index (χ2v) is 13.6. The summed E-state index contributed by atoms with van der Waals surface area (Å²) in [6, 6.07) is -0.742. The number of carboxylic acid groups (broad SMARTS) is 1. The number of nitrogens with zero attached hydrogens (tertiary/aromatic N) is 1. The van der Waals surface area contributed by atoms with Crippen LogP contribution in [0.2, 0.25) is 0 Å². The van der Waals surface area contributed by atoms with Gasteiger partial charge in [-0.1, -0.05) is 137 Å². The van der Waals surface area contributed by atoms with Crippen molar-refractivity contribution in [3.8, 4) is 0 Å². The Morgan fingerprint density at radius 1 is 0.577 bits per heavy atom. The largest absolute Gasteiger partial charge is 0.544 e. The number of carboxylic acids is 1. The third-order valence-corrected chi connectivity index (χ3v) is 7.91. The van der Waals surface area contributed by atoms with E-state index in [0.717, 1.165) is 70.6 Å². The van der Waals surface area contributed by atoms with E-state index < -0.39 is 18.1 Å². The first kappa shape index (κ1) is 48.2. The number of carbonyl (C=O) groups excluding carboxylic acids is 3. The molecular formula is C44H69NO7. The van der Waals surface area contributed by atoms with E-state index in [0.29, 0.717) is 12.8 Å². The van der Waals surface area contributed by atoms with E-state index in [1.165, 1.54) is 0 Å². The summed E-state index contributed by atoms with van der Waals surface area (Å²) in [6.07, 6.45) is 44.3. The van der Waals surface area contributed by atoms with E-state index in [4.69, 9.17) is 14.2 Å². The Morgan fingerprint density at radius 2 is 1.02 bits per heavy atom. The molecule has 0 aromatic carbocycles. The lowest BCUT2D eigenvalue weighted by Crippen LogP contribution is -2.55. The third kappa shape index (κ3) is 32.2. The van der Waals surface area contributed by atoms with Crippen molar-refractivity contribution in [1.29, 1.82) is 0 Å². The van der Waals surface area contributed by atoms with Gasteiger partial charge in [-0.3, -0.25) is 9.59 Å². The normalized spacial score (nSPS) is 14.1. The van der Waals surface area contributed by atoms with Gasteiger partial charge in [0.2, 0.25) is 0 Å². The Labute approximate surface area is 316 Å². The van der Waals surface area contributed by atoms with Crippen LogP contribution < -0.4 is 5.11 Å². The summed E-state index contributed by atoms with van der Waals surface area (Å²) in [5, 5.41) is 11.6. The molecule has 292 valence electrons. The van der Waals surface area contributed by atoms with Crippen LogP contribution in [0.4, 0.5) is 0 Å². The highest BCUT2D eigenvalue weighted by Gasteiger charge is 2.25. The van der Waals surface area contributed by atoms with Crippen molar-refractivity contribution in [2.75, 3.05) is 41.0 Å². The van der Waals surface area contributed by atoms with E-state index in [1.54, 1.807) is 21.1 Å². The van der Waals surface area contributed by atoms with Crippen LogP contribution in [-0.2, 0) is 28.6 Å². The van der Waals surface area contributed by atoms with Crippen LogP contribution >= 0.6 is 0 Å². The average molecular weight is 724 g/mol. The monoisotopic (exact) mass is 724 g/mol. The molecule has 0 N–H and O–H groups in total. The smallest absolute Gasteiger partial charge is 0.306 e. The minimum Gasteiger partial charge on any atom is -0.544 e. The fourth-order valence-electron chi connectivity index (χ4n) is 4.91. The summed E-state index contributed by atoms with van der Waals surface area (Å²) in [5.74, 6) is -1.84. The number of hydrogen-bond donors (Lipinski definition) is 0. The van der Waals surface area contributed by atoms with Crippen molar-refractivity contribution in [1.82, 2.24) is 0 Å². The van der Waals surface area contributed by atoms with Crippen LogP contribution in [0.15, 0.2) is 97.2 Å². The third-order valence-electron chi connectivity index (χ3n) is 7.91. The molecule has 0 fully saturated rings. The fourth-order valence-corrected chi connectivity index (χ4v) is 4.91. The lowest BCUT2D eigenvalue weighted by molar-refractivity contribution is -0.889. The minimum absolute atomic E-state index is 0.0108. The van der Waals surface area contributed by atoms with Gasteiger partial charge in [0.15, 0.2) is 6.10 Å². The summed E-state index contributed by atoms with van der Waals surface area (Å²) >= 11 is 0. The van der Waals surface area contributed by atoms with Gasteiger partial charge in [0.25, 0.3) is 0 Å². The van der Waals surface area contributed by atoms with E-state index in [2.05, 4.69) is 44.2 Å². The summed E-state index contributed by atoms with van der Waals surface area (Å²) in [7, 11) is 5.36. The molecule has 0 saturated heterocycles. The van der Waals surface area contributed by atoms with Crippen LogP contribution in [0.25, 0.3) is 0 Å². The standard InChI is InChI=1S/C44H69NO7/c1-6-8-10-12-14-16-18-20-21-23-25-27-29-31-33-35-43(47)52-40(38-50-37-36-41(44(48)49)45(3,4)5)39-51-42(46)34-32-30-28-26-24-22-19-17-15-13-11-9-7-2/h8-22,24,40-41H,6-7,23,25-39H2,1-5H3/b10-8+,11-9+,14-12+,15-13+,18-16+,19-17+,21-20+,24-22+. The summed E-state index contributed by atoms with van der Waals surface area (Å²) < 4.78 is 17.0. The van der Waals surface area contributed by atoms with E-state index in [-0.39, 0.29) is 49.1 Å². The molecule has 0 saturated carbocycles. The second kappa shape index (κ2) is 34.3. The number of rotatable bonds is 32. The lowest BCUT2D eigenvalue weighted by atomic mass is 10.1. The molecule has 2 atom stereocenters. The highest BCUT2D eigenvalue weighted by molar-refractivity contribution is 5.70. The number of allylic oxidation sites excluding steroid dienone is 16. The van der Waals surface area contributed by atoms with Gasteiger partial charge >= 0.3 is 11.9 Å². The Morgan fingerprint density at radius 3 is 1.52 bits per heavy atom. The molecule has 8 nitrogen and oxygen atoms in total. The Bertz CT molecular complexity index is 1170. The summed E-state index contributed by atoms with van der Waals surface area (Å²) in [4.78, 5) is 36.7. The molecule has 0 bridgehead atoms. The van der Waals surface area contributed by atoms with Gasteiger partial charge < -0.3 is 28.6 Å². The molecule has 8 heteroatoms. The fraction of sp³-hybridized carbons (Fsp3) is 0.568. The predicted molar refractivity (Wildman–Crippen MR) is 212 cm³/mol. The highest BCUT2D eigenvalue weighted by atomic mass is 16.6. The van der Waals surface area contributed by atoms with Crippen LogP contribution in [0.1, 0.15) is 110 Å². The van der Waals surface area contributed by atoms with Crippen molar-refractivity contribution in [3.63, 3.8) is 0 Å². The number of unbranched alkanes of at least 4 members (excludes halogenated alkanes) is 8. The molecule has 0 aliphatic rings. The minimum atomic E-state index is -1.14. The van der Waals surface area contributed by atoms with Gasteiger partial charge in [-0.15, -0.1) is 0 Å². The number of aliphatic carboxylic acids is 1. The van der Waals surface area contributed by atoms with E-state index >= 15 is 0 Å². The zero-order valence-corrected chi connectivity index (χ0v) is 32.9. The second-order valence-electron chi connectivity index (χ2n) is 13.6. The van der Waals surface area contributed by atoms with Crippen LogP contribution in [0, 0.1) is 0 Å². The average Bonchev–Trinajstić information content (AvgIpc) is 3.09. The molecular weight excluding hydrogens is 654 g/mol. The molecule has 0 aliphatic heterocycles. The number of likely N-dealkylation sites (N-methyl/N-ethyl adjacent to an activating group) is 1. The van der Waals surface area contributed by atoms with Gasteiger partial charge in [0.05, 0.1) is 40.3 Å². The van der Waals surface area contributed by atoms with Crippen molar-refractivity contribution < 1.29 is 38.2 Å². The van der Waals surface area contributed by atoms with Gasteiger partial charge in [-0.25, -0.2) is 0 Å².